The lowest BCUT2D eigenvalue weighted by Crippen LogP contribution is -2.17. The number of esters is 1. The second-order valence-corrected chi connectivity index (χ2v) is 5.28. The van der Waals surface area contributed by atoms with Crippen molar-refractivity contribution < 1.29 is 14.3 Å². The van der Waals surface area contributed by atoms with Gasteiger partial charge in [-0.1, -0.05) is 34.1 Å². The highest BCUT2D eigenvalue weighted by molar-refractivity contribution is 9.10. The van der Waals surface area contributed by atoms with E-state index in [1.54, 1.807) is 31.2 Å². The van der Waals surface area contributed by atoms with Crippen molar-refractivity contribution >= 4 is 27.7 Å². The van der Waals surface area contributed by atoms with Crippen molar-refractivity contribution in [2.75, 3.05) is 6.61 Å². The molecule has 120 valence electrons. The van der Waals surface area contributed by atoms with Gasteiger partial charge >= 0.3 is 5.97 Å². The van der Waals surface area contributed by atoms with Crippen LogP contribution < -0.4 is 0 Å². The molecule has 0 aliphatic heterocycles. The fourth-order valence-corrected chi connectivity index (χ4v) is 2.00. The molecule has 24 heavy (non-hydrogen) atoms. The van der Waals surface area contributed by atoms with Crippen molar-refractivity contribution in [1.29, 1.82) is 10.5 Å². The van der Waals surface area contributed by atoms with Crippen molar-refractivity contribution in [2.24, 2.45) is 0 Å². The van der Waals surface area contributed by atoms with Gasteiger partial charge in [0, 0.05) is 10.0 Å². The van der Waals surface area contributed by atoms with Gasteiger partial charge in [0.15, 0.2) is 0 Å². The van der Waals surface area contributed by atoms with E-state index < -0.39 is 11.8 Å². The van der Waals surface area contributed by atoms with Gasteiger partial charge in [0.25, 0.3) is 5.78 Å². The number of rotatable bonds is 3. The molecule has 0 saturated carbocycles. The molecular formula is C18H13BrN2O3. The molecule has 0 amide bonds. The Hall–Kier alpha value is -2.96. The van der Waals surface area contributed by atoms with E-state index in [0.29, 0.717) is 11.1 Å². The summed E-state index contributed by atoms with van der Waals surface area (Å²) in [5.41, 5.74) is 1.20. The lowest BCUT2D eigenvalue weighted by molar-refractivity contribution is -0.137. The van der Waals surface area contributed by atoms with Crippen molar-refractivity contribution in [2.45, 2.75) is 6.92 Å². The summed E-state index contributed by atoms with van der Waals surface area (Å²) in [6.45, 7) is 1.78. The van der Waals surface area contributed by atoms with Gasteiger partial charge in [0.05, 0.1) is 29.9 Å². The quantitative estimate of drug-likeness (QED) is 0.457. The predicted molar refractivity (Wildman–Crippen MR) is 91.0 cm³/mol. The molecule has 2 rings (SSSR count). The van der Waals surface area contributed by atoms with Crippen LogP contribution in [-0.4, -0.2) is 18.4 Å². The highest BCUT2D eigenvalue weighted by Gasteiger charge is 2.17. The third kappa shape index (κ3) is 6.04. The van der Waals surface area contributed by atoms with E-state index in [-0.39, 0.29) is 12.2 Å². The Labute approximate surface area is 148 Å². The molecule has 0 heterocycles. The maximum Gasteiger partial charge on any atom is 0.379 e. The van der Waals surface area contributed by atoms with E-state index in [4.69, 9.17) is 10.5 Å². The summed E-state index contributed by atoms with van der Waals surface area (Å²) < 4.78 is 5.51. The summed E-state index contributed by atoms with van der Waals surface area (Å²) in [6.07, 6.45) is 0. The Morgan fingerprint density at radius 2 is 1.62 bits per heavy atom. The molecule has 0 aliphatic carbocycles. The SMILES string of the molecule is CCOC(=O)C(=O)c1cccc(C#N)c1.N#Cc1cccc(Br)c1. The van der Waals surface area contributed by atoms with Crippen molar-refractivity contribution in [3.63, 3.8) is 0 Å². The maximum absolute atomic E-state index is 11.4. The molecule has 0 spiro atoms. The highest BCUT2D eigenvalue weighted by atomic mass is 79.9. The minimum Gasteiger partial charge on any atom is -0.460 e. The zero-order chi connectivity index (χ0) is 17.9. The van der Waals surface area contributed by atoms with Gasteiger partial charge in [0.1, 0.15) is 0 Å². The standard InChI is InChI=1S/C11H9NO3.C7H4BrN/c1-2-15-11(14)10(13)9-5-3-4-8(6-9)7-12;8-7-3-1-2-6(4-7)5-9/h3-6H,2H2,1H3;1-4H. The molecule has 0 fully saturated rings. The summed E-state index contributed by atoms with van der Waals surface area (Å²) in [4.78, 5) is 22.5. The Morgan fingerprint density at radius 3 is 2.12 bits per heavy atom. The number of carbonyl (C=O) groups excluding carboxylic acids is 2. The third-order valence-electron chi connectivity index (χ3n) is 2.67. The first-order valence-corrected chi connectivity index (χ1v) is 7.68. The zero-order valence-electron chi connectivity index (χ0n) is 12.8. The molecule has 2 aromatic carbocycles. The summed E-state index contributed by atoms with van der Waals surface area (Å²) in [6, 6.07) is 17.1. The molecule has 5 nitrogen and oxygen atoms in total. The van der Waals surface area contributed by atoms with Gasteiger partial charge in [-0.2, -0.15) is 10.5 Å². The Kier molecular flexibility index (Phi) is 7.90. The van der Waals surface area contributed by atoms with Crippen LogP contribution in [0.1, 0.15) is 28.4 Å². The smallest absolute Gasteiger partial charge is 0.379 e. The summed E-state index contributed by atoms with van der Waals surface area (Å²) in [5, 5.41) is 17.0. The topological polar surface area (TPSA) is 90.9 Å². The number of Topliss-reactive ketones (excluding diaryl/α,β-unsaturated/α-hetero) is 1. The second-order valence-electron chi connectivity index (χ2n) is 4.36. The van der Waals surface area contributed by atoms with Crippen LogP contribution in [0.3, 0.4) is 0 Å². The number of ketones is 1. The van der Waals surface area contributed by atoms with Gasteiger partial charge < -0.3 is 4.74 Å². The highest BCUT2D eigenvalue weighted by Crippen LogP contribution is 2.10. The van der Waals surface area contributed by atoms with E-state index in [2.05, 4.69) is 20.7 Å². The molecule has 0 radical (unpaired) electrons. The largest absolute Gasteiger partial charge is 0.460 e. The number of nitrogens with zero attached hydrogens (tertiary/aromatic N) is 2. The van der Waals surface area contributed by atoms with Crippen molar-refractivity contribution in [3.8, 4) is 12.1 Å². The number of hydrogen-bond donors (Lipinski definition) is 0. The van der Waals surface area contributed by atoms with Crippen LogP contribution in [0.4, 0.5) is 0 Å². The fraction of sp³-hybridized carbons (Fsp3) is 0.111. The van der Waals surface area contributed by atoms with E-state index in [0.717, 1.165) is 4.47 Å². The molecular weight excluding hydrogens is 372 g/mol. The van der Waals surface area contributed by atoms with Gasteiger partial charge in [-0.05, 0) is 37.3 Å². The van der Waals surface area contributed by atoms with Crippen LogP contribution in [0.15, 0.2) is 53.0 Å². The molecule has 0 N–H and O–H groups in total. The molecule has 0 aromatic heterocycles. The number of benzene rings is 2. The predicted octanol–water partition coefficient (Wildman–Crippen LogP) is 3.62. The van der Waals surface area contributed by atoms with Crippen LogP contribution in [0, 0.1) is 22.7 Å². The molecule has 6 heteroatoms. The van der Waals surface area contributed by atoms with E-state index in [1.165, 1.54) is 12.1 Å². The average molecular weight is 385 g/mol. The van der Waals surface area contributed by atoms with E-state index in [9.17, 15) is 9.59 Å². The minimum atomic E-state index is -0.896. The second kappa shape index (κ2) is 9.94. The Bertz CT molecular complexity index is 819. The molecule has 0 unspecified atom stereocenters. The van der Waals surface area contributed by atoms with Gasteiger partial charge in [-0.25, -0.2) is 4.79 Å². The normalized spacial score (nSPS) is 8.83. The minimum absolute atomic E-state index is 0.155. The summed E-state index contributed by atoms with van der Waals surface area (Å²) in [5.74, 6) is -1.62. The molecule has 0 bridgehead atoms. The van der Waals surface area contributed by atoms with Crippen LogP contribution in [0.5, 0.6) is 0 Å². The summed E-state index contributed by atoms with van der Waals surface area (Å²) in [7, 11) is 0. The van der Waals surface area contributed by atoms with E-state index >= 15 is 0 Å². The number of hydrogen-bond acceptors (Lipinski definition) is 5. The van der Waals surface area contributed by atoms with Gasteiger partial charge in [0.2, 0.25) is 0 Å². The summed E-state index contributed by atoms with van der Waals surface area (Å²) >= 11 is 3.25. The number of nitriles is 2. The Morgan fingerprint density at radius 1 is 1.04 bits per heavy atom. The average Bonchev–Trinajstić information content (AvgIpc) is 2.61. The first kappa shape index (κ1) is 19.1. The van der Waals surface area contributed by atoms with Crippen LogP contribution in [-0.2, 0) is 9.53 Å². The number of carbonyl (C=O) groups is 2. The monoisotopic (exact) mass is 384 g/mol. The number of halogens is 1. The molecule has 2 aromatic rings. The Balaban J connectivity index is 0.000000272. The van der Waals surface area contributed by atoms with Crippen LogP contribution in [0.25, 0.3) is 0 Å². The van der Waals surface area contributed by atoms with Crippen molar-refractivity contribution in [1.82, 2.24) is 0 Å². The van der Waals surface area contributed by atoms with Crippen LogP contribution in [0.2, 0.25) is 0 Å². The zero-order valence-corrected chi connectivity index (χ0v) is 14.4. The third-order valence-corrected chi connectivity index (χ3v) is 3.16. The van der Waals surface area contributed by atoms with Gasteiger partial charge in [-0.15, -0.1) is 0 Å². The van der Waals surface area contributed by atoms with Crippen molar-refractivity contribution in [3.05, 3.63) is 69.7 Å². The number of ether oxygens (including phenoxy) is 1. The molecule has 0 aliphatic rings. The fourth-order valence-electron chi connectivity index (χ4n) is 1.60. The lowest BCUT2D eigenvalue weighted by Gasteiger charge is -2.00. The first-order chi connectivity index (χ1) is 11.5. The maximum atomic E-state index is 11.4. The molecule has 0 atom stereocenters. The van der Waals surface area contributed by atoms with Crippen LogP contribution >= 0.6 is 15.9 Å². The lowest BCUT2D eigenvalue weighted by atomic mass is 10.1. The van der Waals surface area contributed by atoms with E-state index in [1.807, 2.05) is 24.3 Å². The first-order valence-electron chi connectivity index (χ1n) is 6.89. The van der Waals surface area contributed by atoms with Gasteiger partial charge in [-0.3, -0.25) is 4.79 Å². The molecule has 0 saturated heterocycles.